The molecule has 0 radical (unpaired) electrons. The van der Waals surface area contributed by atoms with Crippen molar-refractivity contribution in [3.8, 4) is 5.75 Å². The molecule has 0 heterocycles. The summed E-state index contributed by atoms with van der Waals surface area (Å²) < 4.78 is 5.41. The summed E-state index contributed by atoms with van der Waals surface area (Å²) in [6.07, 6.45) is 0.480. The smallest absolute Gasteiger partial charge is 0.318 e. The maximum absolute atomic E-state index is 10.7. The number of hydrogen-bond acceptors (Lipinski definition) is 3. The van der Waals surface area contributed by atoms with E-state index in [4.69, 9.17) is 9.84 Å². The highest BCUT2D eigenvalue weighted by molar-refractivity contribution is 5.92. The van der Waals surface area contributed by atoms with Crippen LogP contribution in [0.2, 0.25) is 0 Å². The van der Waals surface area contributed by atoms with Crippen molar-refractivity contribution in [3.05, 3.63) is 29.8 Å². The zero-order valence-corrected chi connectivity index (χ0v) is 9.21. The van der Waals surface area contributed by atoms with E-state index in [0.717, 1.165) is 0 Å². The van der Waals surface area contributed by atoms with Crippen LogP contribution >= 0.6 is 0 Å². The number of ether oxygens (including phenoxy) is 1. The average molecular weight is 222 g/mol. The largest absolute Gasteiger partial charge is 0.491 e. The predicted octanol–water partition coefficient (Wildman–Crippen LogP) is 1.84. The first-order chi connectivity index (χ1) is 7.54. The Balaban J connectivity index is 2.85. The molecule has 0 saturated carbocycles. The molecule has 0 aliphatic carbocycles. The maximum Gasteiger partial charge on any atom is 0.318 e. The number of carbonyl (C=O) groups is 2. The molecular weight excluding hydrogens is 208 g/mol. The molecule has 0 aliphatic heterocycles. The third-order valence-corrected chi connectivity index (χ3v) is 2.01. The molecule has 0 amide bonds. The van der Waals surface area contributed by atoms with E-state index in [1.54, 1.807) is 24.3 Å². The molecule has 1 aromatic carbocycles. The Morgan fingerprint density at radius 2 is 1.88 bits per heavy atom. The number of aliphatic carboxylic acids is 1. The van der Waals surface area contributed by atoms with Crippen molar-refractivity contribution < 1.29 is 19.4 Å². The molecule has 0 aliphatic rings. The Kier molecular flexibility index (Phi) is 4.05. The van der Waals surface area contributed by atoms with Gasteiger partial charge in [-0.2, -0.15) is 0 Å². The molecule has 4 nitrogen and oxygen atoms in total. The van der Waals surface area contributed by atoms with E-state index in [-0.39, 0.29) is 6.10 Å². The van der Waals surface area contributed by atoms with Crippen molar-refractivity contribution in [1.82, 2.24) is 0 Å². The predicted molar refractivity (Wildman–Crippen MR) is 58.6 cm³/mol. The molecule has 1 aromatic rings. The maximum atomic E-state index is 10.7. The molecule has 1 rings (SSSR count). The summed E-state index contributed by atoms with van der Waals surface area (Å²) in [6, 6.07) is 6.50. The monoisotopic (exact) mass is 222 g/mol. The van der Waals surface area contributed by atoms with Gasteiger partial charge in [-0.05, 0) is 31.5 Å². The minimum absolute atomic E-state index is 0.0622. The second kappa shape index (κ2) is 5.30. The number of benzene rings is 1. The van der Waals surface area contributed by atoms with Crippen LogP contribution in [0.15, 0.2) is 24.3 Å². The molecule has 0 aromatic heterocycles. The van der Waals surface area contributed by atoms with Gasteiger partial charge in [0.1, 0.15) is 18.0 Å². The van der Waals surface area contributed by atoms with E-state index >= 15 is 0 Å². The highest BCUT2D eigenvalue weighted by Crippen LogP contribution is 2.19. The van der Waals surface area contributed by atoms with Crippen LogP contribution in [0.4, 0.5) is 0 Å². The van der Waals surface area contributed by atoms with Gasteiger partial charge in [-0.1, -0.05) is 12.1 Å². The second-order valence-electron chi connectivity index (χ2n) is 3.69. The van der Waals surface area contributed by atoms with Gasteiger partial charge in [0.2, 0.25) is 0 Å². The molecule has 0 bridgehead atoms. The van der Waals surface area contributed by atoms with Crippen molar-refractivity contribution in [2.45, 2.75) is 25.9 Å². The molecule has 1 N–H and O–H groups in total. The van der Waals surface area contributed by atoms with Crippen molar-refractivity contribution in [2.24, 2.45) is 0 Å². The molecule has 86 valence electrons. The van der Waals surface area contributed by atoms with E-state index < -0.39 is 11.9 Å². The van der Waals surface area contributed by atoms with Crippen LogP contribution in [0.3, 0.4) is 0 Å². The lowest BCUT2D eigenvalue weighted by Crippen LogP contribution is -2.12. The fraction of sp³-hybridized carbons (Fsp3) is 0.333. The van der Waals surface area contributed by atoms with Gasteiger partial charge >= 0.3 is 5.97 Å². The van der Waals surface area contributed by atoms with E-state index in [0.29, 0.717) is 17.6 Å². The van der Waals surface area contributed by atoms with Crippen LogP contribution in [0.25, 0.3) is 0 Å². The fourth-order valence-electron chi connectivity index (χ4n) is 1.31. The number of carboxylic acid groups (broad SMARTS) is 1. The molecule has 0 fully saturated rings. The normalized spacial score (nSPS) is 12.2. The Hall–Kier alpha value is -1.84. The van der Waals surface area contributed by atoms with Crippen molar-refractivity contribution in [2.75, 3.05) is 0 Å². The number of carbonyl (C=O) groups excluding carboxylic acids is 1. The van der Waals surface area contributed by atoms with Gasteiger partial charge in [-0.15, -0.1) is 0 Å². The first-order valence-corrected chi connectivity index (χ1v) is 4.99. The van der Waals surface area contributed by atoms with Gasteiger partial charge < -0.3 is 14.6 Å². The minimum Gasteiger partial charge on any atom is -0.491 e. The van der Waals surface area contributed by atoms with Crippen molar-refractivity contribution in [1.29, 1.82) is 0 Å². The third-order valence-electron chi connectivity index (χ3n) is 2.01. The molecule has 4 heteroatoms. The number of rotatable bonds is 5. The molecular formula is C12H14O4. The van der Waals surface area contributed by atoms with Crippen molar-refractivity contribution in [3.63, 3.8) is 0 Å². The zero-order valence-electron chi connectivity index (χ0n) is 9.21. The lowest BCUT2D eigenvalue weighted by Gasteiger charge is -2.11. The second-order valence-corrected chi connectivity index (χ2v) is 3.69. The van der Waals surface area contributed by atoms with Gasteiger partial charge in [0.15, 0.2) is 0 Å². The highest BCUT2D eigenvalue weighted by Gasteiger charge is 2.18. The lowest BCUT2D eigenvalue weighted by molar-refractivity contribution is -0.140. The van der Waals surface area contributed by atoms with Gasteiger partial charge in [0.05, 0.1) is 6.10 Å². The van der Waals surface area contributed by atoms with Crippen LogP contribution in [0, 0.1) is 0 Å². The fourth-order valence-corrected chi connectivity index (χ4v) is 1.31. The van der Waals surface area contributed by atoms with Crippen LogP contribution in [-0.4, -0.2) is 23.5 Å². The number of aldehydes is 1. The SMILES string of the molecule is CC(C)Oc1ccc(C(C=O)C(=O)O)cc1. The average Bonchev–Trinajstić information content (AvgIpc) is 2.20. The summed E-state index contributed by atoms with van der Waals surface area (Å²) in [5.41, 5.74) is 0.457. The summed E-state index contributed by atoms with van der Waals surface area (Å²) >= 11 is 0. The third kappa shape index (κ3) is 3.08. The summed E-state index contributed by atoms with van der Waals surface area (Å²) in [4.78, 5) is 21.3. The van der Waals surface area contributed by atoms with Crippen LogP contribution in [-0.2, 0) is 9.59 Å². The van der Waals surface area contributed by atoms with Crippen LogP contribution in [0.1, 0.15) is 25.3 Å². The Labute approximate surface area is 93.9 Å². The van der Waals surface area contributed by atoms with Gasteiger partial charge in [-0.25, -0.2) is 0 Å². The Morgan fingerprint density at radius 3 is 2.25 bits per heavy atom. The van der Waals surface area contributed by atoms with Gasteiger partial charge in [0, 0.05) is 0 Å². The van der Waals surface area contributed by atoms with Gasteiger partial charge in [0.25, 0.3) is 0 Å². The first kappa shape index (κ1) is 12.2. The van der Waals surface area contributed by atoms with E-state index in [9.17, 15) is 9.59 Å². The summed E-state index contributed by atoms with van der Waals surface area (Å²) in [5, 5.41) is 8.78. The van der Waals surface area contributed by atoms with Gasteiger partial charge in [-0.3, -0.25) is 4.79 Å². The molecule has 0 saturated heterocycles. The molecule has 0 spiro atoms. The van der Waals surface area contributed by atoms with Crippen LogP contribution in [0.5, 0.6) is 5.75 Å². The zero-order chi connectivity index (χ0) is 12.1. The number of hydrogen-bond donors (Lipinski definition) is 1. The molecule has 16 heavy (non-hydrogen) atoms. The number of carboxylic acids is 1. The first-order valence-electron chi connectivity index (χ1n) is 4.99. The van der Waals surface area contributed by atoms with Crippen LogP contribution < -0.4 is 4.74 Å². The van der Waals surface area contributed by atoms with E-state index in [2.05, 4.69) is 0 Å². The quantitative estimate of drug-likeness (QED) is 0.610. The molecule has 1 atom stereocenters. The van der Waals surface area contributed by atoms with Crippen molar-refractivity contribution >= 4 is 12.3 Å². The summed E-state index contributed by atoms with van der Waals surface area (Å²) in [7, 11) is 0. The summed E-state index contributed by atoms with van der Waals surface area (Å²) in [6.45, 7) is 3.80. The highest BCUT2D eigenvalue weighted by atomic mass is 16.5. The standard InChI is InChI=1S/C12H14O4/c1-8(2)16-10-5-3-9(4-6-10)11(7-13)12(14)15/h3-8,11H,1-2H3,(H,14,15). The Morgan fingerprint density at radius 1 is 1.31 bits per heavy atom. The summed E-state index contributed by atoms with van der Waals surface area (Å²) in [5.74, 6) is -1.59. The topological polar surface area (TPSA) is 63.6 Å². The minimum atomic E-state index is -1.15. The lowest BCUT2D eigenvalue weighted by atomic mass is 10.0. The molecule has 1 unspecified atom stereocenters. The van der Waals surface area contributed by atoms with E-state index in [1.165, 1.54) is 0 Å². The van der Waals surface area contributed by atoms with E-state index in [1.807, 2.05) is 13.8 Å². The Bertz CT molecular complexity index is 367.